The molecule has 19 heavy (non-hydrogen) atoms. The van der Waals surface area contributed by atoms with Crippen molar-refractivity contribution in [3.63, 3.8) is 0 Å². The Bertz CT molecular complexity index is 578. The van der Waals surface area contributed by atoms with Gasteiger partial charge in [0, 0.05) is 17.7 Å². The lowest BCUT2D eigenvalue weighted by Gasteiger charge is -2.03. The number of rotatable bonds is 5. The molecule has 1 aliphatic carbocycles. The fourth-order valence-electron chi connectivity index (χ4n) is 1.84. The Balaban J connectivity index is 1.65. The lowest BCUT2D eigenvalue weighted by atomic mass is 10.2. The molecule has 1 heterocycles. The number of benzene rings is 1. The second-order valence-electron chi connectivity index (χ2n) is 4.75. The second kappa shape index (κ2) is 5.05. The van der Waals surface area contributed by atoms with Crippen molar-refractivity contribution in [1.29, 1.82) is 0 Å². The maximum atomic E-state index is 13.5. The molecule has 100 valence electrons. The molecular weight excluding hydrogens is 250 g/mol. The molecule has 1 aliphatic rings. The lowest BCUT2D eigenvalue weighted by molar-refractivity contribution is 0.555. The summed E-state index contributed by atoms with van der Waals surface area (Å²) < 4.78 is 27.8. The van der Waals surface area contributed by atoms with E-state index < -0.39 is 11.6 Å². The lowest BCUT2D eigenvalue weighted by Crippen LogP contribution is -2.16. The van der Waals surface area contributed by atoms with Gasteiger partial charge in [0.1, 0.15) is 18.0 Å². The third kappa shape index (κ3) is 3.14. The van der Waals surface area contributed by atoms with Gasteiger partial charge in [0.05, 0.1) is 13.1 Å². The first-order valence-electron chi connectivity index (χ1n) is 6.26. The Morgan fingerprint density at radius 3 is 2.89 bits per heavy atom. The van der Waals surface area contributed by atoms with Crippen molar-refractivity contribution in [2.45, 2.75) is 32.0 Å². The second-order valence-corrected chi connectivity index (χ2v) is 4.75. The topological polar surface area (TPSA) is 42.7 Å². The van der Waals surface area contributed by atoms with Gasteiger partial charge in [0.25, 0.3) is 0 Å². The molecule has 0 spiro atoms. The molecule has 3 rings (SSSR count). The highest BCUT2D eigenvalue weighted by molar-refractivity contribution is 5.18. The van der Waals surface area contributed by atoms with Crippen molar-refractivity contribution in [3.05, 3.63) is 47.5 Å². The highest BCUT2D eigenvalue weighted by atomic mass is 19.1. The van der Waals surface area contributed by atoms with Crippen LogP contribution in [0.15, 0.2) is 24.5 Å². The minimum absolute atomic E-state index is 0.253. The molecule has 0 saturated heterocycles. The molecule has 0 unspecified atom stereocenters. The quantitative estimate of drug-likeness (QED) is 0.896. The zero-order valence-electron chi connectivity index (χ0n) is 10.3. The highest BCUT2D eigenvalue weighted by Crippen LogP contribution is 2.18. The summed E-state index contributed by atoms with van der Waals surface area (Å²) in [5, 5.41) is 7.56. The van der Waals surface area contributed by atoms with Crippen LogP contribution in [0.1, 0.15) is 24.2 Å². The van der Waals surface area contributed by atoms with Crippen LogP contribution in [0.2, 0.25) is 0 Å². The summed E-state index contributed by atoms with van der Waals surface area (Å²) in [4.78, 5) is 4.15. The summed E-state index contributed by atoms with van der Waals surface area (Å²) in [5.74, 6) is -0.447. The molecule has 1 N–H and O–H groups in total. The summed E-state index contributed by atoms with van der Waals surface area (Å²) in [7, 11) is 0. The van der Waals surface area contributed by atoms with E-state index in [0.29, 0.717) is 24.0 Å². The number of nitrogens with one attached hydrogen (secondary N) is 1. The molecule has 0 atom stereocenters. The predicted molar refractivity (Wildman–Crippen MR) is 65.3 cm³/mol. The molecule has 1 aromatic heterocycles. The third-order valence-electron chi connectivity index (χ3n) is 3.06. The van der Waals surface area contributed by atoms with Gasteiger partial charge in [-0.2, -0.15) is 5.10 Å². The van der Waals surface area contributed by atoms with E-state index in [0.717, 1.165) is 6.07 Å². The molecule has 1 saturated carbocycles. The van der Waals surface area contributed by atoms with E-state index in [9.17, 15) is 8.78 Å². The summed E-state index contributed by atoms with van der Waals surface area (Å²) in [6, 6.07) is 4.14. The molecule has 0 radical (unpaired) electrons. The largest absolute Gasteiger partial charge is 0.307 e. The molecule has 0 aliphatic heterocycles. The molecule has 0 bridgehead atoms. The molecule has 2 aromatic rings. The summed E-state index contributed by atoms with van der Waals surface area (Å²) in [6.07, 6.45) is 3.98. The molecule has 1 fully saturated rings. The fraction of sp³-hybridized carbons (Fsp3) is 0.385. The fourth-order valence-corrected chi connectivity index (χ4v) is 1.84. The first-order valence-corrected chi connectivity index (χ1v) is 6.26. The summed E-state index contributed by atoms with van der Waals surface area (Å²) in [6.45, 7) is 0.881. The van der Waals surface area contributed by atoms with Crippen LogP contribution in [-0.2, 0) is 13.1 Å². The van der Waals surface area contributed by atoms with Crippen LogP contribution in [-0.4, -0.2) is 20.8 Å². The minimum atomic E-state index is -0.575. The van der Waals surface area contributed by atoms with Crippen molar-refractivity contribution in [3.8, 4) is 0 Å². The summed E-state index contributed by atoms with van der Waals surface area (Å²) >= 11 is 0. The minimum Gasteiger partial charge on any atom is -0.307 e. The first kappa shape index (κ1) is 12.2. The van der Waals surface area contributed by atoms with Crippen LogP contribution in [0, 0.1) is 11.6 Å². The van der Waals surface area contributed by atoms with E-state index in [-0.39, 0.29) is 6.54 Å². The normalized spacial score (nSPS) is 14.8. The maximum Gasteiger partial charge on any atom is 0.164 e. The van der Waals surface area contributed by atoms with Gasteiger partial charge in [0.2, 0.25) is 0 Å². The Morgan fingerprint density at radius 2 is 2.16 bits per heavy atom. The van der Waals surface area contributed by atoms with E-state index in [1.807, 2.05) is 0 Å². The van der Waals surface area contributed by atoms with Gasteiger partial charge in [-0.15, -0.1) is 0 Å². The van der Waals surface area contributed by atoms with Crippen LogP contribution in [0.4, 0.5) is 8.78 Å². The van der Waals surface area contributed by atoms with Gasteiger partial charge in [-0.25, -0.2) is 18.4 Å². The van der Waals surface area contributed by atoms with Gasteiger partial charge >= 0.3 is 0 Å². The molecule has 6 heteroatoms. The zero-order valence-corrected chi connectivity index (χ0v) is 10.3. The maximum absolute atomic E-state index is 13.5. The number of aromatic nitrogens is 3. The molecule has 0 amide bonds. The average molecular weight is 264 g/mol. The average Bonchev–Trinajstić information content (AvgIpc) is 3.10. The van der Waals surface area contributed by atoms with Crippen LogP contribution in [0.25, 0.3) is 0 Å². The third-order valence-corrected chi connectivity index (χ3v) is 3.06. The van der Waals surface area contributed by atoms with Gasteiger partial charge < -0.3 is 5.32 Å². The Morgan fingerprint density at radius 1 is 1.32 bits per heavy atom. The monoisotopic (exact) mass is 264 g/mol. The van der Waals surface area contributed by atoms with Crippen molar-refractivity contribution in [2.24, 2.45) is 0 Å². The molecule has 4 nitrogen and oxygen atoms in total. The van der Waals surface area contributed by atoms with Crippen molar-refractivity contribution in [1.82, 2.24) is 20.1 Å². The van der Waals surface area contributed by atoms with Gasteiger partial charge in [-0.1, -0.05) is 6.07 Å². The van der Waals surface area contributed by atoms with Crippen molar-refractivity contribution >= 4 is 0 Å². The van der Waals surface area contributed by atoms with Gasteiger partial charge in [-0.3, -0.25) is 0 Å². The van der Waals surface area contributed by atoms with Crippen LogP contribution in [0.3, 0.4) is 0 Å². The number of hydrogen-bond donors (Lipinski definition) is 1. The zero-order chi connectivity index (χ0) is 13.2. The van der Waals surface area contributed by atoms with Crippen LogP contribution >= 0.6 is 0 Å². The smallest absolute Gasteiger partial charge is 0.164 e. The highest BCUT2D eigenvalue weighted by Gasteiger charge is 2.20. The van der Waals surface area contributed by atoms with E-state index in [2.05, 4.69) is 15.4 Å². The van der Waals surface area contributed by atoms with Gasteiger partial charge in [0.15, 0.2) is 5.82 Å². The summed E-state index contributed by atoms with van der Waals surface area (Å²) in [5.41, 5.74) is 0.396. The Labute approximate surface area is 109 Å². The van der Waals surface area contributed by atoms with Crippen LogP contribution in [0.5, 0.6) is 0 Å². The van der Waals surface area contributed by atoms with E-state index in [1.54, 1.807) is 11.0 Å². The van der Waals surface area contributed by atoms with Crippen molar-refractivity contribution < 1.29 is 8.78 Å². The van der Waals surface area contributed by atoms with Crippen LogP contribution < -0.4 is 5.32 Å². The van der Waals surface area contributed by atoms with E-state index in [1.165, 1.54) is 25.0 Å². The first-order chi connectivity index (χ1) is 9.20. The van der Waals surface area contributed by atoms with E-state index in [4.69, 9.17) is 0 Å². The van der Waals surface area contributed by atoms with Gasteiger partial charge in [-0.05, 0) is 18.9 Å². The Hall–Kier alpha value is -1.82. The molecular formula is C13H14F2N4. The number of nitrogens with zero attached hydrogens (tertiary/aromatic N) is 3. The standard InChI is InChI=1S/C13H14F2N4/c14-10-2-1-9(12(15)5-10)7-19-8-17-13(18-19)6-16-11-3-4-11/h1-2,5,8,11,16H,3-4,6-7H2. The predicted octanol–water partition coefficient (Wildman–Crippen LogP) is 1.86. The number of halogens is 2. The van der Waals surface area contributed by atoms with Crippen molar-refractivity contribution in [2.75, 3.05) is 0 Å². The Kier molecular flexibility index (Phi) is 3.25. The molecule has 1 aromatic carbocycles. The SMILES string of the molecule is Fc1ccc(Cn2cnc(CNC3CC3)n2)c(F)c1. The number of hydrogen-bond acceptors (Lipinski definition) is 3. The van der Waals surface area contributed by atoms with E-state index >= 15 is 0 Å².